The van der Waals surface area contributed by atoms with Gasteiger partial charge in [-0.3, -0.25) is 0 Å². The molecule has 0 aliphatic heterocycles. The number of rotatable bonds is 7. The monoisotopic (exact) mass is 355 g/mol. The van der Waals surface area contributed by atoms with Crippen LogP contribution in [0.2, 0.25) is 0 Å². The molecule has 0 radical (unpaired) electrons. The lowest BCUT2D eigenvalue weighted by Crippen LogP contribution is -2.20. The summed E-state index contributed by atoms with van der Waals surface area (Å²) < 4.78 is 6.58. The zero-order chi connectivity index (χ0) is 14.4. The van der Waals surface area contributed by atoms with Crippen molar-refractivity contribution in [3.8, 4) is 5.75 Å². The molecule has 0 saturated heterocycles. The largest absolute Gasteiger partial charge is 0.491 e. The average molecular weight is 356 g/mol. The van der Waals surface area contributed by atoms with Gasteiger partial charge in [-0.05, 0) is 34.1 Å². The summed E-state index contributed by atoms with van der Waals surface area (Å²) in [4.78, 5) is 12.2. The molecule has 106 valence electrons. The van der Waals surface area contributed by atoms with Crippen molar-refractivity contribution in [2.24, 2.45) is 0 Å². The van der Waals surface area contributed by atoms with Crippen LogP contribution in [-0.4, -0.2) is 24.2 Å². The zero-order valence-electron chi connectivity index (χ0n) is 10.6. The highest BCUT2D eigenvalue weighted by atomic mass is 79.9. The SMILES string of the molecule is O=C(O)c1ccccc1OCCNCc1cc(Br)cs1. The van der Waals surface area contributed by atoms with Gasteiger partial charge in [0.25, 0.3) is 0 Å². The van der Waals surface area contributed by atoms with E-state index in [0.717, 1.165) is 11.0 Å². The van der Waals surface area contributed by atoms with Gasteiger partial charge in [0.2, 0.25) is 0 Å². The van der Waals surface area contributed by atoms with Crippen LogP contribution in [0.5, 0.6) is 5.75 Å². The van der Waals surface area contributed by atoms with Crippen LogP contribution in [0.1, 0.15) is 15.2 Å². The number of hydrogen-bond acceptors (Lipinski definition) is 4. The zero-order valence-corrected chi connectivity index (χ0v) is 13.0. The number of ether oxygens (including phenoxy) is 1. The third-order valence-corrected chi connectivity index (χ3v) is 4.27. The van der Waals surface area contributed by atoms with Crippen molar-refractivity contribution in [1.29, 1.82) is 0 Å². The minimum absolute atomic E-state index is 0.190. The van der Waals surface area contributed by atoms with Crippen molar-refractivity contribution >= 4 is 33.2 Å². The van der Waals surface area contributed by atoms with E-state index < -0.39 is 5.97 Å². The summed E-state index contributed by atoms with van der Waals surface area (Å²) in [6.07, 6.45) is 0. The maximum absolute atomic E-state index is 11.0. The molecule has 2 rings (SSSR count). The number of carbonyl (C=O) groups is 1. The Bertz CT molecular complexity index is 585. The second-order valence-electron chi connectivity index (χ2n) is 4.06. The number of halogens is 1. The summed E-state index contributed by atoms with van der Waals surface area (Å²) in [5.74, 6) is -0.572. The normalized spacial score (nSPS) is 10.4. The van der Waals surface area contributed by atoms with Crippen molar-refractivity contribution in [1.82, 2.24) is 5.32 Å². The summed E-state index contributed by atoms with van der Waals surface area (Å²) in [5, 5.41) is 14.3. The molecule has 20 heavy (non-hydrogen) atoms. The van der Waals surface area contributed by atoms with Crippen LogP contribution < -0.4 is 10.1 Å². The number of thiophene rings is 1. The molecule has 0 bridgehead atoms. The number of hydrogen-bond donors (Lipinski definition) is 2. The van der Waals surface area contributed by atoms with E-state index >= 15 is 0 Å². The molecule has 0 aliphatic rings. The molecular formula is C14H14BrNO3S. The molecule has 1 heterocycles. The molecule has 0 amide bonds. The van der Waals surface area contributed by atoms with E-state index in [-0.39, 0.29) is 5.56 Å². The Hall–Kier alpha value is -1.37. The van der Waals surface area contributed by atoms with Gasteiger partial charge < -0.3 is 15.2 Å². The highest BCUT2D eigenvalue weighted by Gasteiger charge is 2.09. The highest BCUT2D eigenvalue weighted by molar-refractivity contribution is 9.10. The maximum atomic E-state index is 11.0. The first-order valence-corrected chi connectivity index (χ1v) is 7.73. The first kappa shape index (κ1) is 15.0. The molecule has 0 atom stereocenters. The van der Waals surface area contributed by atoms with Gasteiger partial charge in [-0.15, -0.1) is 11.3 Å². The van der Waals surface area contributed by atoms with Crippen molar-refractivity contribution in [3.63, 3.8) is 0 Å². The van der Waals surface area contributed by atoms with Gasteiger partial charge in [0.1, 0.15) is 17.9 Å². The summed E-state index contributed by atoms with van der Waals surface area (Å²) in [6, 6.07) is 8.72. The lowest BCUT2D eigenvalue weighted by atomic mass is 10.2. The summed E-state index contributed by atoms with van der Waals surface area (Å²) in [6.45, 7) is 1.86. The Morgan fingerprint density at radius 1 is 1.40 bits per heavy atom. The number of nitrogens with one attached hydrogen (secondary N) is 1. The molecular weight excluding hydrogens is 342 g/mol. The van der Waals surface area contributed by atoms with Gasteiger partial charge in [0.15, 0.2) is 0 Å². The molecule has 1 aromatic carbocycles. The number of benzene rings is 1. The molecule has 2 N–H and O–H groups in total. The molecule has 2 aromatic rings. The molecule has 6 heteroatoms. The minimum Gasteiger partial charge on any atom is -0.491 e. The number of carboxylic acid groups (broad SMARTS) is 1. The average Bonchev–Trinajstić information content (AvgIpc) is 2.84. The molecule has 0 aliphatic carbocycles. The van der Waals surface area contributed by atoms with E-state index in [1.165, 1.54) is 10.9 Å². The minimum atomic E-state index is -0.975. The Kier molecular flexibility index (Phi) is 5.58. The lowest BCUT2D eigenvalue weighted by molar-refractivity contribution is 0.0692. The second kappa shape index (κ2) is 7.42. The Labute approximate surface area is 129 Å². The number of para-hydroxylation sites is 1. The predicted molar refractivity (Wildman–Crippen MR) is 82.6 cm³/mol. The number of carboxylic acids is 1. The van der Waals surface area contributed by atoms with Crippen molar-refractivity contribution in [2.45, 2.75) is 6.54 Å². The standard InChI is InChI=1S/C14H14BrNO3S/c15-10-7-11(20-9-10)8-16-5-6-19-13-4-2-1-3-12(13)14(17)18/h1-4,7,9,16H,5-6,8H2,(H,17,18). The first-order chi connectivity index (χ1) is 9.66. The van der Waals surface area contributed by atoms with Crippen LogP contribution in [-0.2, 0) is 6.54 Å². The van der Waals surface area contributed by atoms with Crippen molar-refractivity contribution < 1.29 is 14.6 Å². The van der Waals surface area contributed by atoms with Gasteiger partial charge in [0.05, 0.1) is 0 Å². The van der Waals surface area contributed by atoms with Gasteiger partial charge >= 0.3 is 5.97 Å². The van der Waals surface area contributed by atoms with Gasteiger partial charge in [-0.1, -0.05) is 12.1 Å². The lowest BCUT2D eigenvalue weighted by Gasteiger charge is -2.09. The molecule has 0 unspecified atom stereocenters. The Morgan fingerprint density at radius 2 is 2.20 bits per heavy atom. The van der Waals surface area contributed by atoms with Gasteiger partial charge in [-0.25, -0.2) is 4.79 Å². The Morgan fingerprint density at radius 3 is 2.90 bits per heavy atom. The first-order valence-electron chi connectivity index (χ1n) is 6.05. The van der Waals surface area contributed by atoms with Crippen LogP contribution in [0.25, 0.3) is 0 Å². The molecule has 0 fully saturated rings. The van der Waals surface area contributed by atoms with Crippen molar-refractivity contribution in [3.05, 3.63) is 50.6 Å². The third-order valence-electron chi connectivity index (χ3n) is 2.57. The third kappa shape index (κ3) is 4.33. The predicted octanol–water partition coefficient (Wildman–Crippen LogP) is 3.38. The Balaban J connectivity index is 1.75. The smallest absolute Gasteiger partial charge is 0.339 e. The van der Waals surface area contributed by atoms with E-state index in [1.54, 1.807) is 29.5 Å². The summed E-state index contributed by atoms with van der Waals surface area (Å²) in [5.41, 5.74) is 0.190. The van der Waals surface area contributed by atoms with Crippen LogP contribution in [0.4, 0.5) is 0 Å². The fraction of sp³-hybridized carbons (Fsp3) is 0.214. The van der Waals surface area contributed by atoms with E-state index in [9.17, 15) is 4.79 Å². The van der Waals surface area contributed by atoms with E-state index in [4.69, 9.17) is 9.84 Å². The van der Waals surface area contributed by atoms with Crippen LogP contribution in [0, 0.1) is 0 Å². The molecule has 0 spiro atoms. The van der Waals surface area contributed by atoms with Gasteiger partial charge in [-0.2, -0.15) is 0 Å². The number of aromatic carboxylic acids is 1. The van der Waals surface area contributed by atoms with Crippen LogP contribution in [0.15, 0.2) is 40.2 Å². The molecule has 4 nitrogen and oxygen atoms in total. The maximum Gasteiger partial charge on any atom is 0.339 e. The van der Waals surface area contributed by atoms with Gasteiger partial charge in [0, 0.05) is 27.8 Å². The summed E-state index contributed by atoms with van der Waals surface area (Å²) in [7, 11) is 0. The van der Waals surface area contributed by atoms with E-state index in [1.807, 2.05) is 5.38 Å². The topological polar surface area (TPSA) is 58.6 Å². The van der Waals surface area contributed by atoms with Crippen LogP contribution in [0.3, 0.4) is 0 Å². The fourth-order valence-corrected chi connectivity index (χ4v) is 3.08. The molecule has 1 aromatic heterocycles. The van der Waals surface area contributed by atoms with Crippen LogP contribution >= 0.6 is 27.3 Å². The van der Waals surface area contributed by atoms with Crippen molar-refractivity contribution in [2.75, 3.05) is 13.2 Å². The second-order valence-corrected chi connectivity index (χ2v) is 5.97. The fourth-order valence-electron chi connectivity index (χ4n) is 1.66. The van der Waals surface area contributed by atoms with E-state index in [2.05, 4.69) is 27.3 Å². The quantitative estimate of drug-likeness (QED) is 0.747. The summed E-state index contributed by atoms with van der Waals surface area (Å²) >= 11 is 5.09. The van der Waals surface area contributed by atoms with E-state index in [0.29, 0.717) is 18.9 Å². The molecule has 0 saturated carbocycles. The highest BCUT2D eigenvalue weighted by Crippen LogP contribution is 2.19.